The minimum Gasteiger partial charge on any atom is -0.385 e. The van der Waals surface area contributed by atoms with Crippen molar-refractivity contribution in [2.75, 3.05) is 30.5 Å². The zero-order valence-corrected chi connectivity index (χ0v) is 20.0. The number of quaternary nitrogens is 1. The van der Waals surface area contributed by atoms with Gasteiger partial charge in [0.2, 0.25) is 0 Å². The molecular formula is C23H34N3O5S+. The third kappa shape index (κ3) is 7.01. The van der Waals surface area contributed by atoms with Gasteiger partial charge < -0.3 is 10.0 Å². The topological polar surface area (TPSA) is 105 Å². The van der Waals surface area contributed by atoms with Crippen molar-refractivity contribution in [3.8, 4) is 0 Å². The number of nitro benzene ring substituents is 1. The molecule has 0 unspecified atom stereocenters. The number of anilines is 1. The normalized spacial score (nSPS) is 13.0. The molecular weight excluding hydrogens is 430 g/mol. The monoisotopic (exact) mass is 464 g/mol. The minimum atomic E-state index is -4.28. The van der Waals surface area contributed by atoms with Crippen LogP contribution < -0.4 is 9.21 Å². The Hall–Kier alpha value is -2.49. The van der Waals surface area contributed by atoms with Crippen LogP contribution in [-0.4, -0.2) is 50.7 Å². The van der Waals surface area contributed by atoms with Crippen LogP contribution in [0.1, 0.15) is 27.7 Å². The van der Waals surface area contributed by atoms with Crippen molar-refractivity contribution in [2.45, 2.75) is 38.7 Å². The van der Waals surface area contributed by atoms with Crippen molar-refractivity contribution in [2.24, 2.45) is 11.8 Å². The number of hydrogen-bond donors (Lipinski definition) is 2. The number of sulfonamides is 1. The molecule has 0 aliphatic rings. The van der Waals surface area contributed by atoms with Crippen LogP contribution in [0.4, 0.5) is 11.4 Å². The lowest BCUT2D eigenvalue weighted by atomic mass is 10.1. The van der Waals surface area contributed by atoms with Gasteiger partial charge in [-0.05, 0) is 18.2 Å². The molecule has 0 bridgehead atoms. The molecule has 0 spiro atoms. The van der Waals surface area contributed by atoms with Crippen LogP contribution in [0.5, 0.6) is 0 Å². The molecule has 0 fully saturated rings. The number of nitro groups is 1. The first kappa shape index (κ1) is 25.8. The summed E-state index contributed by atoms with van der Waals surface area (Å²) in [4.78, 5) is 11.6. The van der Waals surface area contributed by atoms with Crippen LogP contribution in [-0.2, 0) is 10.0 Å². The zero-order valence-electron chi connectivity index (χ0n) is 19.1. The lowest BCUT2D eigenvalue weighted by molar-refractivity contribution is -0.909. The van der Waals surface area contributed by atoms with Gasteiger partial charge >= 0.3 is 0 Å². The Morgan fingerprint density at radius 3 is 2.00 bits per heavy atom. The number of benzene rings is 2. The first-order chi connectivity index (χ1) is 15.0. The SMILES string of the molecule is CC(C)C[NH+](CC(C)C)C[C@@H](O)CN(c1ccccc1)S(=O)(=O)c1ccccc1[N+](=O)[O-]. The van der Waals surface area contributed by atoms with Gasteiger partial charge in [-0.2, -0.15) is 0 Å². The van der Waals surface area contributed by atoms with E-state index in [1.54, 1.807) is 30.3 Å². The minimum absolute atomic E-state index is 0.196. The van der Waals surface area contributed by atoms with Crippen molar-refractivity contribution < 1.29 is 23.3 Å². The summed E-state index contributed by atoms with van der Waals surface area (Å²) in [5.74, 6) is 0.855. The molecule has 0 saturated heterocycles. The molecule has 32 heavy (non-hydrogen) atoms. The largest absolute Gasteiger partial charge is 0.385 e. The molecule has 0 aromatic heterocycles. The van der Waals surface area contributed by atoms with Crippen LogP contribution in [0.25, 0.3) is 0 Å². The van der Waals surface area contributed by atoms with Crippen LogP contribution >= 0.6 is 0 Å². The maximum absolute atomic E-state index is 13.5. The third-order valence-corrected chi connectivity index (χ3v) is 6.81. The van der Waals surface area contributed by atoms with E-state index in [4.69, 9.17) is 0 Å². The summed E-state index contributed by atoms with van der Waals surface area (Å²) in [5.41, 5.74) is -0.145. The Balaban J connectivity index is 2.39. The number of para-hydroxylation sites is 2. The first-order valence-electron chi connectivity index (χ1n) is 10.8. The quantitative estimate of drug-likeness (QED) is 0.371. The Labute approximate surface area is 190 Å². The average Bonchev–Trinajstić information content (AvgIpc) is 2.71. The molecule has 8 nitrogen and oxygen atoms in total. The highest BCUT2D eigenvalue weighted by atomic mass is 32.2. The molecule has 1 atom stereocenters. The predicted molar refractivity (Wildman–Crippen MR) is 125 cm³/mol. The van der Waals surface area contributed by atoms with Gasteiger partial charge in [-0.15, -0.1) is 0 Å². The van der Waals surface area contributed by atoms with Gasteiger partial charge in [0.05, 0.1) is 30.2 Å². The van der Waals surface area contributed by atoms with Crippen molar-refractivity contribution >= 4 is 21.4 Å². The van der Waals surface area contributed by atoms with Gasteiger partial charge in [-0.3, -0.25) is 14.4 Å². The van der Waals surface area contributed by atoms with Gasteiger partial charge in [-0.1, -0.05) is 58.0 Å². The molecule has 2 aromatic carbocycles. The summed E-state index contributed by atoms with van der Waals surface area (Å²) in [6.07, 6.45) is -0.944. The molecule has 0 radical (unpaired) electrons. The summed E-state index contributed by atoms with van der Waals surface area (Å²) in [6, 6.07) is 13.7. The fraction of sp³-hybridized carbons (Fsp3) is 0.478. The van der Waals surface area contributed by atoms with Crippen LogP contribution in [0.2, 0.25) is 0 Å². The maximum atomic E-state index is 13.5. The second-order valence-corrected chi connectivity index (χ2v) is 10.7. The number of hydrogen-bond acceptors (Lipinski definition) is 5. The number of aliphatic hydroxyl groups is 1. The number of rotatable bonds is 12. The summed E-state index contributed by atoms with van der Waals surface area (Å²) < 4.78 is 28.1. The van der Waals surface area contributed by atoms with E-state index in [0.29, 0.717) is 24.1 Å². The van der Waals surface area contributed by atoms with Gasteiger partial charge in [-0.25, -0.2) is 8.42 Å². The molecule has 0 saturated carbocycles. The molecule has 0 aliphatic carbocycles. The molecule has 2 N–H and O–H groups in total. The molecule has 9 heteroatoms. The summed E-state index contributed by atoms with van der Waals surface area (Å²) in [7, 11) is -4.28. The Kier molecular flexibility index (Phi) is 9.18. The van der Waals surface area contributed by atoms with E-state index < -0.39 is 31.6 Å². The Bertz CT molecular complexity index is 970. The predicted octanol–water partition coefficient (Wildman–Crippen LogP) is 2.35. The molecule has 0 amide bonds. The summed E-state index contributed by atoms with van der Waals surface area (Å²) in [6.45, 7) is 10.4. The fourth-order valence-electron chi connectivity index (χ4n) is 3.88. The van der Waals surface area contributed by atoms with Crippen molar-refractivity contribution in [3.05, 3.63) is 64.7 Å². The van der Waals surface area contributed by atoms with Crippen molar-refractivity contribution in [1.82, 2.24) is 0 Å². The lowest BCUT2D eigenvalue weighted by Gasteiger charge is -2.29. The smallest absolute Gasteiger partial charge is 0.289 e. The number of nitrogens with one attached hydrogen (secondary N) is 1. The van der Waals surface area contributed by atoms with Crippen LogP contribution in [0, 0.1) is 22.0 Å². The van der Waals surface area contributed by atoms with Gasteiger partial charge in [0, 0.05) is 17.9 Å². The maximum Gasteiger partial charge on any atom is 0.289 e. The van der Waals surface area contributed by atoms with Crippen LogP contribution in [0.15, 0.2) is 59.5 Å². The second kappa shape index (κ2) is 11.4. The van der Waals surface area contributed by atoms with Crippen LogP contribution in [0.3, 0.4) is 0 Å². The zero-order chi connectivity index (χ0) is 23.9. The fourth-order valence-corrected chi connectivity index (χ4v) is 5.54. The van der Waals surface area contributed by atoms with Gasteiger partial charge in [0.1, 0.15) is 12.6 Å². The van der Waals surface area contributed by atoms with E-state index in [-0.39, 0.29) is 6.54 Å². The molecule has 0 aliphatic heterocycles. The molecule has 0 heterocycles. The summed E-state index contributed by atoms with van der Waals surface area (Å²) >= 11 is 0. The third-order valence-electron chi connectivity index (χ3n) is 4.97. The van der Waals surface area contributed by atoms with Gasteiger partial charge in [0.25, 0.3) is 15.7 Å². The van der Waals surface area contributed by atoms with E-state index in [0.717, 1.165) is 17.4 Å². The van der Waals surface area contributed by atoms with E-state index >= 15 is 0 Å². The van der Waals surface area contributed by atoms with E-state index in [1.807, 2.05) is 0 Å². The average molecular weight is 465 g/mol. The first-order valence-corrected chi connectivity index (χ1v) is 12.3. The van der Waals surface area contributed by atoms with Crippen molar-refractivity contribution in [1.29, 1.82) is 0 Å². The molecule has 176 valence electrons. The Morgan fingerprint density at radius 2 is 1.47 bits per heavy atom. The highest BCUT2D eigenvalue weighted by molar-refractivity contribution is 7.93. The summed E-state index contributed by atoms with van der Waals surface area (Å²) in [5, 5.41) is 22.4. The Morgan fingerprint density at radius 1 is 0.938 bits per heavy atom. The molecule has 2 rings (SSSR count). The van der Waals surface area contributed by atoms with E-state index in [2.05, 4.69) is 27.7 Å². The number of aliphatic hydroxyl groups excluding tert-OH is 1. The molecule has 2 aromatic rings. The lowest BCUT2D eigenvalue weighted by Crippen LogP contribution is -3.14. The standard InChI is InChI=1S/C23H33N3O5S/c1-18(2)14-24(15-19(3)4)16-21(27)17-25(20-10-6-5-7-11-20)32(30,31)23-13-9-8-12-22(23)26(28)29/h5-13,18-19,21,27H,14-17H2,1-4H3/p+1/t21-/m1/s1. The number of nitrogens with zero attached hydrogens (tertiary/aromatic N) is 2. The van der Waals surface area contributed by atoms with Crippen molar-refractivity contribution in [3.63, 3.8) is 0 Å². The van der Waals surface area contributed by atoms with E-state index in [1.165, 1.54) is 29.2 Å². The highest BCUT2D eigenvalue weighted by Crippen LogP contribution is 2.29. The van der Waals surface area contributed by atoms with Gasteiger partial charge in [0.15, 0.2) is 4.90 Å². The second-order valence-electron chi connectivity index (χ2n) is 8.90. The highest BCUT2D eigenvalue weighted by Gasteiger charge is 2.33. The van der Waals surface area contributed by atoms with E-state index in [9.17, 15) is 23.6 Å².